The third-order valence-corrected chi connectivity index (χ3v) is 3.58. The van der Waals surface area contributed by atoms with Crippen molar-refractivity contribution in [3.8, 4) is 0 Å². The first kappa shape index (κ1) is 12.0. The molecule has 0 radical (unpaired) electrons. The summed E-state index contributed by atoms with van der Waals surface area (Å²) in [6.07, 6.45) is 3.93. The average Bonchev–Trinajstić information content (AvgIpc) is 2.74. The molecule has 2 heterocycles. The van der Waals surface area contributed by atoms with Crippen molar-refractivity contribution < 1.29 is 0 Å². The summed E-state index contributed by atoms with van der Waals surface area (Å²) in [5, 5.41) is 2.58. The second-order valence-corrected chi connectivity index (χ2v) is 5.20. The molecule has 19 heavy (non-hydrogen) atoms. The van der Waals surface area contributed by atoms with Crippen LogP contribution in [0.25, 0.3) is 21.8 Å². The van der Waals surface area contributed by atoms with Crippen LogP contribution < -0.4 is 0 Å². The number of pyridine rings is 1. The van der Waals surface area contributed by atoms with E-state index in [2.05, 4.69) is 60.3 Å². The Kier molecular flexibility index (Phi) is 2.86. The van der Waals surface area contributed by atoms with Crippen molar-refractivity contribution in [2.45, 2.75) is 26.3 Å². The molecule has 0 atom stereocenters. The molecule has 1 aromatic carbocycles. The van der Waals surface area contributed by atoms with Crippen molar-refractivity contribution >= 4 is 21.8 Å². The third-order valence-electron chi connectivity index (χ3n) is 3.58. The fourth-order valence-electron chi connectivity index (χ4n) is 2.60. The van der Waals surface area contributed by atoms with Crippen LogP contribution in [0.1, 0.15) is 25.5 Å². The number of fused-ring (bicyclic) bond motifs is 3. The molecule has 0 bridgehead atoms. The molecule has 3 aromatic rings. The molecule has 0 aliphatic heterocycles. The number of para-hydroxylation sites is 1. The lowest BCUT2D eigenvalue weighted by Gasteiger charge is -2.05. The van der Waals surface area contributed by atoms with E-state index in [9.17, 15) is 0 Å². The Bertz CT molecular complexity index is 750. The van der Waals surface area contributed by atoms with Crippen LogP contribution in [0.15, 0.2) is 49.2 Å². The molecule has 0 saturated carbocycles. The van der Waals surface area contributed by atoms with E-state index in [1.165, 1.54) is 21.8 Å². The van der Waals surface area contributed by atoms with Crippen LogP contribution in [0, 0.1) is 0 Å². The van der Waals surface area contributed by atoms with Gasteiger partial charge in [0.2, 0.25) is 0 Å². The maximum absolute atomic E-state index is 4.59. The van der Waals surface area contributed by atoms with Gasteiger partial charge in [-0.3, -0.25) is 4.98 Å². The van der Waals surface area contributed by atoms with E-state index in [0.717, 1.165) is 12.2 Å². The number of nitrogens with zero attached hydrogens (tertiary/aromatic N) is 2. The monoisotopic (exact) mass is 250 g/mol. The average molecular weight is 250 g/mol. The van der Waals surface area contributed by atoms with E-state index >= 15 is 0 Å². The summed E-state index contributed by atoms with van der Waals surface area (Å²) in [5.41, 5.74) is 3.58. The first-order valence-electron chi connectivity index (χ1n) is 6.70. The van der Waals surface area contributed by atoms with Gasteiger partial charge in [0.05, 0.1) is 11.7 Å². The highest BCUT2D eigenvalue weighted by atomic mass is 15.0. The molecule has 0 unspecified atom stereocenters. The minimum atomic E-state index is 0.450. The molecule has 0 amide bonds. The van der Waals surface area contributed by atoms with Gasteiger partial charge >= 0.3 is 0 Å². The summed E-state index contributed by atoms with van der Waals surface area (Å²) < 4.78 is 2.27. The Hall–Kier alpha value is -2.09. The number of benzene rings is 1. The number of hydrogen-bond donors (Lipinski definition) is 0. The minimum absolute atomic E-state index is 0.450. The molecule has 0 fully saturated rings. The highest BCUT2D eigenvalue weighted by Gasteiger charge is 2.11. The molecule has 2 aromatic heterocycles. The molecular formula is C17H18N2. The van der Waals surface area contributed by atoms with Crippen molar-refractivity contribution in [2.24, 2.45) is 0 Å². The van der Waals surface area contributed by atoms with Gasteiger partial charge in [-0.05, 0) is 18.1 Å². The van der Waals surface area contributed by atoms with E-state index in [1.807, 2.05) is 12.3 Å². The first-order chi connectivity index (χ1) is 9.22. The summed E-state index contributed by atoms with van der Waals surface area (Å²) >= 11 is 0. The van der Waals surface area contributed by atoms with Gasteiger partial charge in [-0.2, -0.15) is 0 Å². The highest BCUT2D eigenvalue weighted by Crippen LogP contribution is 2.30. The zero-order valence-corrected chi connectivity index (χ0v) is 11.4. The predicted octanol–water partition coefficient (Wildman–Crippen LogP) is 4.50. The molecule has 3 rings (SSSR count). The topological polar surface area (TPSA) is 17.8 Å². The Morgan fingerprint density at radius 1 is 1.21 bits per heavy atom. The van der Waals surface area contributed by atoms with Crippen LogP contribution in [0.5, 0.6) is 0 Å². The van der Waals surface area contributed by atoms with Crippen molar-refractivity contribution in [1.82, 2.24) is 9.55 Å². The smallest absolute Gasteiger partial charge is 0.0681 e. The number of allylic oxidation sites excluding steroid dienone is 1. The van der Waals surface area contributed by atoms with Crippen LogP contribution in [0.4, 0.5) is 0 Å². The zero-order chi connectivity index (χ0) is 13.4. The Labute approximate surface area is 113 Å². The Morgan fingerprint density at radius 3 is 2.74 bits per heavy atom. The molecule has 0 spiro atoms. The summed E-state index contributed by atoms with van der Waals surface area (Å²) in [5.74, 6) is 0.450. The van der Waals surface area contributed by atoms with Crippen LogP contribution in [0.3, 0.4) is 0 Å². The fourth-order valence-corrected chi connectivity index (χ4v) is 2.60. The molecule has 0 N–H and O–H groups in total. The van der Waals surface area contributed by atoms with Crippen LogP contribution in [-0.4, -0.2) is 9.55 Å². The van der Waals surface area contributed by atoms with Gasteiger partial charge in [0.25, 0.3) is 0 Å². The van der Waals surface area contributed by atoms with E-state index in [-0.39, 0.29) is 0 Å². The third kappa shape index (κ3) is 1.84. The standard InChI is InChI=1S/C17H18N2/c1-4-9-19-16-8-6-5-7-13(16)14-10-15(12(2)3)18-11-17(14)19/h4-8,10-12H,1,9H2,2-3H3. The SMILES string of the molecule is C=CCn1c2ccccc2c2cc(C(C)C)ncc21. The molecule has 2 nitrogen and oxygen atoms in total. The Balaban J connectivity index is 2.41. The lowest BCUT2D eigenvalue weighted by Crippen LogP contribution is -1.96. The van der Waals surface area contributed by atoms with E-state index in [4.69, 9.17) is 0 Å². The number of rotatable bonds is 3. The summed E-state index contributed by atoms with van der Waals surface area (Å²) in [4.78, 5) is 4.59. The highest BCUT2D eigenvalue weighted by molar-refractivity contribution is 6.07. The van der Waals surface area contributed by atoms with Crippen molar-refractivity contribution in [1.29, 1.82) is 0 Å². The van der Waals surface area contributed by atoms with Gasteiger partial charge in [0.15, 0.2) is 0 Å². The lowest BCUT2D eigenvalue weighted by molar-refractivity contribution is 0.823. The molecule has 96 valence electrons. The van der Waals surface area contributed by atoms with Crippen molar-refractivity contribution in [3.63, 3.8) is 0 Å². The molecule has 0 aliphatic carbocycles. The molecule has 0 saturated heterocycles. The number of aromatic nitrogens is 2. The molecular weight excluding hydrogens is 232 g/mol. The molecule has 0 aliphatic rings. The van der Waals surface area contributed by atoms with E-state index in [1.54, 1.807) is 0 Å². The van der Waals surface area contributed by atoms with Crippen LogP contribution in [0.2, 0.25) is 0 Å². The second-order valence-electron chi connectivity index (χ2n) is 5.20. The maximum atomic E-state index is 4.59. The second kappa shape index (κ2) is 4.54. The van der Waals surface area contributed by atoms with Gasteiger partial charge in [0.1, 0.15) is 0 Å². The van der Waals surface area contributed by atoms with E-state index in [0.29, 0.717) is 5.92 Å². The van der Waals surface area contributed by atoms with Gasteiger partial charge in [-0.1, -0.05) is 38.1 Å². The van der Waals surface area contributed by atoms with Crippen molar-refractivity contribution in [3.05, 3.63) is 54.9 Å². The predicted molar refractivity (Wildman–Crippen MR) is 81.5 cm³/mol. The van der Waals surface area contributed by atoms with Crippen LogP contribution in [-0.2, 0) is 6.54 Å². The van der Waals surface area contributed by atoms with Gasteiger partial charge in [0, 0.05) is 28.5 Å². The minimum Gasteiger partial charge on any atom is -0.335 e. The fraction of sp³-hybridized carbons (Fsp3) is 0.235. The quantitative estimate of drug-likeness (QED) is 0.626. The molecule has 2 heteroatoms. The summed E-state index contributed by atoms with van der Waals surface area (Å²) in [6, 6.07) is 10.7. The lowest BCUT2D eigenvalue weighted by atomic mass is 10.1. The first-order valence-corrected chi connectivity index (χ1v) is 6.70. The van der Waals surface area contributed by atoms with Gasteiger partial charge in [-0.15, -0.1) is 6.58 Å². The Morgan fingerprint density at radius 2 is 2.00 bits per heavy atom. The van der Waals surface area contributed by atoms with Gasteiger partial charge in [-0.25, -0.2) is 0 Å². The number of hydrogen-bond acceptors (Lipinski definition) is 1. The zero-order valence-electron chi connectivity index (χ0n) is 11.4. The maximum Gasteiger partial charge on any atom is 0.0681 e. The van der Waals surface area contributed by atoms with Crippen LogP contribution >= 0.6 is 0 Å². The van der Waals surface area contributed by atoms with Gasteiger partial charge < -0.3 is 4.57 Å². The summed E-state index contributed by atoms with van der Waals surface area (Å²) in [6.45, 7) is 9.02. The van der Waals surface area contributed by atoms with E-state index < -0.39 is 0 Å². The van der Waals surface area contributed by atoms with Crippen molar-refractivity contribution in [2.75, 3.05) is 0 Å². The normalized spacial score (nSPS) is 11.5. The summed E-state index contributed by atoms with van der Waals surface area (Å²) in [7, 11) is 0. The largest absolute Gasteiger partial charge is 0.335 e.